The minimum absolute atomic E-state index is 0.393. The summed E-state index contributed by atoms with van der Waals surface area (Å²) >= 11 is 0. The zero-order chi connectivity index (χ0) is 13.2. The Labute approximate surface area is 112 Å². The Kier molecular flexibility index (Phi) is 4.35. The molecule has 2 saturated carbocycles. The van der Waals surface area contributed by atoms with E-state index in [4.69, 9.17) is 9.47 Å². The van der Waals surface area contributed by atoms with Crippen molar-refractivity contribution in [2.75, 3.05) is 33.4 Å². The third kappa shape index (κ3) is 2.33. The van der Waals surface area contributed by atoms with Crippen LogP contribution in [0.1, 0.15) is 40.0 Å². The molecule has 3 unspecified atom stereocenters. The van der Waals surface area contributed by atoms with Crippen molar-refractivity contribution in [2.24, 2.45) is 16.7 Å². The molecule has 3 atom stereocenters. The highest BCUT2D eigenvalue weighted by atomic mass is 16.5. The molecule has 0 saturated heterocycles. The van der Waals surface area contributed by atoms with E-state index in [-0.39, 0.29) is 0 Å². The molecule has 106 valence electrons. The minimum Gasteiger partial charge on any atom is -0.383 e. The van der Waals surface area contributed by atoms with Crippen LogP contribution in [-0.4, -0.2) is 39.5 Å². The molecule has 0 radical (unpaired) electrons. The average Bonchev–Trinajstić information content (AvgIpc) is 2.66. The van der Waals surface area contributed by atoms with E-state index in [0.29, 0.717) is 16.9 Å². The molecular formula is C15H29NO2. The summed E-state index contributed by atoms with van der Waals surface area (Å²) in [7, 11) is 1.73. The van der Waals surface area contributed by atoms with Gasteiger partial charge >= 0.3 is 0 Å². The molecule has 2 rings (SSSR count). The summed E-state index contributed by atoms with van der Waals surface area (Å²) < 4.78 is 11.2. The topological polar surface area (TPSA) is 30.5 Å². The Morgan fingerprint density at radius 1 is 1.17 bits per heavy atom. The summed E-state index contributed by atoms with van der Waals surface area (Å²) in [6, 6.07) is 0. The van der Waals surface area contributed by atoms with Crippen LogP contribution in [-0.2, 0) is 9.47 Å². The number of ether oxygens (including phenoxy) is 2. The molecular weight excluding hydrogens is 226 g/mol. The van der Waals surface area contributed by atoms with E-state index in [9.17, 15) is 0 Å². The van der Waals surface area contributed by atoms with E-state index in [1.54, 1.807) is 7.11 Å². The van der Waals surface area contributed by atoms with Crippen LogP contribution in [0.2, 0.25) is 0 Å². The second-order valence-electron chi connectivity index (χ2n) is 6.71. The predicted octanol–water partition coefficient (Wildman–Crippen LogP) is 2.45. The van der Waals surface area contributed by atoms with Gasteiger partial charge in [-0.05, 0) is 36.0 Å². The first-order chi connectivity index (χ1) is 8.52. The van der Waals surface area contributed by atoms with E-state index >= 15 is 0 Å². The van der Waals surface area contributed by atoms with E-state index < -0.39 is 0 Å². The summed E-state index contributed by atoms with van der Waals surface area (Å²) in [5.41, 5.74) is 0.853. The van der Waals surface area contributed by atoms with Crippen LogP contribution in [0.4, 0.5) is 0 Å². The zero-order valence-corrected chi connectivity index (χ0v) is 12.4. The number of nitrogens with one attached hydrogen (secondary N) is 1. The smallest absolute Gasteiger partial charge is 0.0637 e. The van der Waals surface area contributed by atoms with Gasteiger partial charge < -0.3 is 14.8 Å². The van der Waals surface area contributed by atoms with Crippen molar-refractivity contribution >= 4 is 0 Å². The number of rotatable bonds is 7. The largest absolute Gasteiger partial charge is 0.383 e. The van der Waals surface area contributed by atoms with Gasteiger partial charge in [0.15, 0.2) is 0 Å². The summed E-state index contributed by atoms with van der Waals surface area (Å²) in [4.78, 5) is 0. The van der Waals surface area contributed by atoms with Crippen LogP contribution in [0.3, 0.4) is 0 Å². The van der Waals surface area contributed by atoms with Gasteiger partial charge in [0.05, 0.1) is 19.3 Å². The van der Waals surface area contributed by atoms with Gasteiger partial charge in [0, 0.05) is 20.2 Å². The van der Waals surface area contributed by atoms with Crippen molar-refractivity contribution in [2.45, 2.75) is 46.1 Å². The molecule has 18 heavy (non-hydrogen) atoms. The maximum absolute atomic E-state index is 6.15. The molecule has 0 amide bonds. The molecule has 2 fully saturated rings. The molecule has 0 aromatic heterocycles. The summed E-state index contributed by atoms with van der Waals surface area (Å²) in [5.74, 6) is 0.869. The molecule has 3 nitrogen and oxygen atoms in total. The van der Waals surface area contributed by atoms with Gasteiger partial charge in [0.1, 0.15) is 0 Å². The Hall–Kier alpha value is -0.120. The van der Waals surface area contributed by atoms with Crippen LogP contribution in [0.15, 0.2) is 0 Å². The van der Waals surface area contributed by atoms with Crippen LogP contribution in [0.5, 0.6) is 0 Å². The monoisotopic (exact) mass is 255 g/mol. The van der Waals surface area contributed by atoms with Crippen molar-refractivity contribution in [1.29, 1.82) is 0 Å². The van der Waals surface area contributed by atoms with E-state index in [0.717, 1.165) is 32.2 Å². The molecule has 0 heterocycles. The Balaban J connectivity index is 1.72. The highest BCUT2D eigenvalue weighted by molar-refractivity contribution is 5.11. The average molecular weight is 255 g/mol. The van der Waals surface area contributed by atoms with Gasteiger partial charge in [0.25, 0.3) is 0 Å². The quantitative estimate of drug-likeness (QED) is 0.709. The number of hydrogen-bond acceptors (Lipinski definition) is 3. The molecule has 0 spiro atoms. The predicted molar refractivity (Wildman–Crippen MR) is 73.7 cm³/mol. The van der Waals surface area contributed by atoms with Crippen molar-refractivity contribution in [3.63, 3.8) is 0 Å². The van der Waals surface area contributed by atoms with E-state index in [1.807, 2.05) is 0 Å². The highest BCUT2D eigenvalue weighted by Crippen LogP contribution is 2.66. The fourth-order valence-electron chi connectivity index (χ4n) is 3.95. The number of fused-ring (bicyclic) bond motifs is 2. The van der Waals surface area contributed by atoms with Gasteiger partial charge in [-0.1, -0.05) is 20.8 Å². The van der Waals surface area contributed by atoms with Gasteiger partial charge in [0.2, 0.25) is 0 Å². The van der Waals surface area contributed by atoms with Gasteiger partial charge in [-0.25, -0.2) is 0 Å². The second kappa shape index (κ2) is 5.48. The third-order valence-electron chi connectivity index (χ3n) is 5.79. The summed E-state index contributed by atoms with van der Waals surface area (Å²) in [5, 5.41) is 3.34. The van der Waals surface area contributed by atoms with Crippen molar-refractivity contribution in [1.82, 2.24) is 5.32 Å². The molecule has 1 N–H and O–H groups in total. The van der Waals surface area contributed by atoms with Crippen LogP contribution in [0.25, 0.3) is 0 Å². The molecule has 0 aromatic rings. The number of methoxy groups -OCH3 is 1. The van der Waals surface area contributed by atoms with Gasteiger partial charge in [-0.2, -0.15) is 0 Å². The third-order valence-corrected chi connectivity index (χ3v) is 5.79. The van der Waals surface area contributed by atoms with Crippen molar-refractivity contribution < 1.29 is 9.47 Å². The maximum atomic E-state index is 6.15. The van der Waals surface area contributed by atoms with E-state index in [2.05, 4.69) is 26.1 Å². The molecule has 2 bridgehead atoms. The lowest BCUT2D eigenvalue weighted by atomic mass is 9.70. The maximum Gasteiger partial charge on any atom is 0.0637 e. The Bertz CT molecular complexity index is 280. The van der Waals surface area contributed by atoms with Crippen molar-refractivity contribution in [3.8, 4) is 0 Å². The lowest BCUT2D eigenvalue weighted by molar-refractivity contribution is -0.0451. The lowest BCUT2D eigenvalue weighted by Gasteiger charge is -2.38. The lowest BCUT2D eigenvalue weighted by Crippen LogP contribution is -2.38. The first kappa shape index (κ1) is 14.3. The van der Waals surface area contributed by atoms with Crippen molar-refractivity contribution in [3.05, 3.63) is 0 Å². The van der Waals surface area contributed by atoms with E-state index in [1.165, 1.54) is 19.3 Å². The first-order valence-electron chi connectivity index (χ1n) is 7.33. The van der Waals surface area contributed by atoms with Crippen LogP contribution >= 0.6 is 0 Å². The summed E-state index contributed by atoms with van der Waals surface area (Å²) in [6.07, 6.45) is 4.47. The van der Waals surface area contributed by atoms with Gasteiger partial charge in [-0.15, -0.1) is 0 Å². The molecule has 2 aliphatic rings. The normalized spacial score (nSPS) is 37.3. The second-order valence-corrected chi connectivity index (χ2v) is 6.71. The molecule has 0 aliphatic heterocycles. The standard InChI is InChI=1S/C15H29NO2/c1-14(2)12-5-6-15(14,3)13(11-12)18-10-8-16-7-9-17-4/h12-13,16H,5-11H2,1-4H3. The SMILES string of the molecule is COCCNCCOC1CC2CCC1(C)C2(C)C. The minimum atomic E-state index is 0.393. The van der Waals surface area contributed by atoms with Gasteiger partial charge in [-0.3, -0.25) is 0 Å². The Morgan fingerprint density at radius 3 is 2.44 bits per heavy atom. The molecule has 2 aliphatic carbocycles. The van der Waals surface area contributed by atoms with Crippen LogP contribution < -0.4 is 5.32 Å². The molecule has 3 heteroatoms. The Morgan fingerprint density at radius 2 is 1.89 bits per heavy atom. The van der Waals surface area contributed by atoms with Crippen LogP contribution in [0, 0.1) is 16.7 Å². The first-order valence-corrected chi connectivity index (χ1v) is 7.33. The number of hydrogen-bond donors (Lipinski definition) is 1. The fourth-order valence-corrected chi connectivity index (χ4v) is 3.95. The highest BCUT2D eigenvalue weighted by Gasteiger charge is 2.61. The summed E-state index contributed by atoms with van der Waals surface area (Å²) in [6.45, 7) is 10.7. The molecule has 0 aromatic carbocycles. The fraction of sp³-hybridized carbons (Fsp3) is 1.00. The zero-order valence-electron chi connectivity index (χ0n) is 12.4.